The Balaban J connectivity index is 2.19. The van der Waals surface area contributed by atoms with Crippen LogP contribution in [-0.4, -0.2) is 39.8 Å². The number of likely N-dealkylation sites (tertiary alicyclic amines) is 1. The summed E-state index contributed by atoms with van der Waals surface area (Å²) in [6, 6.07) is 4.16. The van der Waals surface area contributed by atoms with Gasteiger partial charge in [0.1, 0.15) is 11.9 Å². The molecule has 0 aliphatic carbocycles. The summed E-state index contributed by atoms with van der Waals surface area (Å²) in [6.45, 7) is 6.78. The van der Waals surface area contributed by atoms with Crippen molar-refractivity contribution in [1.29, 1.82) is 0 Å². The number of carbonyl (C=O) groups is 1. The van der Waals surface area contributed by atoms with E-state index in [4.69, 9.17) is 0 Å². The molecule has 4 nitrogen and oxygen atoms in total. The number of halogens is 1. The van der Waals surface area contributed by atoms with Crippen molar-refractivity contribution < 1.29 is 19.4 Å². The molecule has 1 aromatic carbocycles. The van der Waals surface area contributed by atoms with Crippen molar-refractivity contribution in [2.24, 2.45) is 0 Å². The smallest absolute Gasteiger partial charge is 0.323 e. The number of rotatable bonds is 3. The van der Waals surface area contributed by atoms with Gasteiger partial charge in [-0.3, -0.25) is 9.69 Å². The predicted molar refractivity (Wildman–Crippen MR) is 82.2 cm³/mol. The van der Waals surface area contributed by atoms with E-state index >= 15 is 0 Å². The monoisotopic (exact) mass is 309 g/mol. The van der Waals surface area contributed by atoms with Crippen LogP contribution in [0.25, 0.3) is 0 Å². The van der Waals surface area contributed by atoms with Gasteiger partial charge in [-0.05, 0) is 42.0 Å². The van der Waals surface area contributed by atoms with Crippen molar-refractivity contribution in [3.63, 3.8) is 0 Å². The fourth-order valence-corrected chi connectivity index (χ4v) is 3.04. The molecule has 0 saturated carbocycles. The molecular formula is C17H24FNO3. The van der Waals surface area contributed by atoms with Gasteiger partial charge >= 0.3 is 5.97 Å². The zero-order valence-electron chi connectivity index (χ0n) is 13.3. The fraction of sp³-hybridized carbons (Fsp3) is 0.588. The van der Waals surface area contributed by atoms with Crippen molar-refractivity contribution in [2.75, 3.05) is 6.54 Å². The maximum atomic E-state index is 14.2. The molecule has 0 aromatic heterocycles. The van der Waals surface area contributed by atoms with Crippen molar-refractivity contribution in [3.05, 3.63) is 35.1 Å². The van der Waals surface area contributed by atoms with E-state index in [1.54, 1.807) is 11.0 Å². The molecule has 0 bridgehead atoms. The maximum Gasteiger partial charge on any atom is 0.323 e. The fourth-order valence-electron chi connectivity index (χ4n) is 3.04. The average molecular weight is 309 g/mol. The van der Waals surface area contributed by atoms with Crippen LogP contribution in [0.4, 0.5) is 4.39 Å². The second kappa shape index (κ2) is 6.34. The SMILES string of the molecule is CC(C)(C)c1ccc(CN2CCCC(O)C2C(=O)O)cc1F. The number of carboxylic acid groups (broad SMARTS) is 1. The number of hydrogen-bond donors (Lipinski definition) is 2. The number of benzene rings is 1. The Morgan fingerprint density at radius 2 is 2.09 bits per heavy atom. The van der Waals surface area contributed by atoms with Crippen molar-refractivity contribution in [3.8, 4) is 0 Å². The Bertz CT molecular complexity index is 553. The van der Waals surface area contributed by atoms with Crippen molar-refractivity contribution >= 4 is 5.97 Å². The minimum absolute atomic E-state index is 0.269. The molecule has 2 atom stereocenters. The van der Waals surface area contributed by atoms with Crippen LogP contribution in [0.3, 0.4) is 0 Å². The van der Waals surface area contributed by atoms with Crippen LogP contribution in [0.5, 0.6) is 0 Å². The highest BCUT2D eigenvalue weighted by Gasteiger charge is 2.35. The summed E-state index contributed by atoms with van der Waals surface area (Å²) in [5, 5.41) is 19.2. The third-order valence-electron chi connectivity index (χ3n) is 4.18. The molecule has 0 spiro atoms. The molecule has 1 aliphatic rings. The molecule has 0 amide bonds. The quantitative estimate of drug-likeness (QED) is 0.901. The molecule has 1 aromatic rings. The molecule has 1 saturated heterocycles. The van der Waals surface area contributed by atoms with Crippen molar-refractivity contribution in [1.82, 2.24) is 4.90 Å². The van der Waals surface area contributed by atoms with E-state index in [2.05, 4.69) is 0 Å². The highest BCUT2D eigenvalue weighted by molar-refractivity contribution is 5.74. The van der Waals surface area contributed by atoms with Gasteiger partial charge in [-0.25, -0.2) is 4.39 Å². The van der Waals surface area contributed by atoms with E-state index in [1.807, 2.05) is 26.8 Å². The minimum Gasteiger partial charge on any atom is -0.480 e. The number of piperidine rings is 1. The number of aliphatic hydroxyl groups excluding tert-OH is 1. The second-order valence-corrected chi connectivity index (χ2v) is 7.03. The van der Waals surface area contributed by atoms with Gasteiger partial charge in [0, 0.05) is 6.54 Å². The molecule has 5 heteroatoms. The summed E-state index contributed by atoms with van der Waals surface area (Å²) in [6.07, 6.45) is 0.364. The highest BCUT2D eigenvalue weighted by atomic mass is 19.1. The Kier molecular flexibility index (Phi) is 4.87. The summed E-state index contributed by atoms with van der Waals surface area (Å²) in [4.78, 5) is 13.1. The molecule has 2 rings (SSSR count). The van der Waals surface area contributed by atoms with Crippen LogP contribution in [0, 0.1) is 5.82 Å². The summed E-state index contributed by atoms with van der Waals surface area (Å²) in [5.74, 6) is -1.30. The largest absolute Gasteiger partial charge is 0.480 e. The van der Waals surface area contributed by atoms with Crippen LogP contribution in [-0.2, 0) is 16.8 Å². The van der Waals surface area contributed by atoms with Crippen LogP contribution in [0.2, 0.25) is 0 Å². The topological polar surface area (TPSA) is 60.8 Å². The Labute approximate surface area is 130 Å². The summed E-state index contributed by atoms with van der Waals surface area (Å²) >= 11 is 0. The van der Waals surface area contributed by atoms with Gasteiger partial charge in [-0.2, -0.15) is 0 Å². The number of nitrogens with zero attached hydrogens (tertiary/aromatic N) is 1. The summed E-state index contributed by atoms with van der Waals surface area (Å²) < 4.78 is 14.2. The average Bonchev–Trinajstić information content (AvgIpc) is 2.36. The molecule has 22 heavy (non-hydrogen) atoms. The van der Waals surface area contributed by atoms with Gasteiger partial charge in [0.15, 0.2) is 0 Å². The van der Waals surface area contributed by atoms with E-state index in [-0.39, 0.29) is 11.2 Å². The maximum absolute atomic E-state index is 14.2. The third kappa shape index (κ3) is 3.65. The molecule has 2 unspecified atom stereocenters. The number of aliphatic carboxylic acids is 1. The number of carboxylic acids is 1. The second-order valence-electron chi connectivity index (χ2n) is 7.03. The Hall–Kier alpha value is -1.46. The van der Waals surface area contributed by atoms with Gasteiger partial charge in [0.05, 0.1) is 6.10 Å². The van der Waals surface area contributed by atoms with Crippen LogP contribution in [0.1, 0.15) is 44.7 Å². The molecule has 1 fully saturated rings. The lowest BCUT2D eigenvalue weighted by atomic mass is 9.86. The van der Waals surface area contributed by atoms with Crippen molar-refractivity contribution in [2.45, 2.75) is 57.7 Å². The third-order valence-corrected chi connectivity index (χ3v) is 4.18. The first kappa shape index (κ1) is 16.9. The van der Waals surface area contributed by atoms with E-state index < -0.39 is 18.1 Å². The first-order chi connectivity index (χ1) is 10.2. The first-order valence-corrected chi connectivity index (χ1v) is 7.64. The van der Waals surface area contributed by atoms with Crippen LogP contribution in [0.15, 0.2) is 18.2 Å². The molecule has 1 aliphatic heterocycles. The molecule has 122 valence electrons. The zero-order chi connectivity index (χ0) is 16.5. The lowest BCUT2D eigenvalue weighted by Crippen LogP contribution is -2.52. The molecule has 1 heterocycles. The van der Waals surface area contributed by atoms with E-state index in [9.17, 15) is 19.4 Å². The van der Waals surface area contributed by atoms with Gasteiger partial charge in [-0.15, -0.1) is 0 Å². The minimum atomic E-state index is -1.03. The van der Waals surface area contributed by atoms with Gasteiger partial charge in [0.2, 0.25) is 0 Å². The molecule has 0 radical (unpaired) electrons. The van der Waals surface area contributed by atoms with Gasteiger partial charge in [0.25, 0.3) is 0 Å². The lowest BCUT2D eigenvalue weighted by molar-refractivity contribution is -0.150. The zero-order valence-corrected chi connectivity index (χ0v) is 13.3. The first-order valence-electron chi connectivity index (χ1n) is 7.64. The Morgan fingerprint density at radius 3 is 2.64 bits per heavy atom. The standard InChI is InChI=1S/C17H24FNO3/c1-17(2,3)12-7-6-11(9-13(12)18)10-19-8-4-5-14(20)15(19)16(21)22/h6-7,9,14-15,20H,4-5,8,10H2,1-3H3,(H,21,22). The molecular weight excluding hydrogens is 285 g/mol. The number of hydrogen-bond acceptors (Lipinski definition) is 3. The summed E-state index contributed by atoms with van der Waals surface area (Å²) in [5.41, 5.74) is 1.10. The summed E-state index contributed by atoms with van der Waals surface area (Å²) in [7, 11) is 0. The van der Waals surface area contributed by atoms with E-state index in [1.165, 1.54) is 6.07 Å². The van der Waals surface area contributed by atoms with Crippen LogP contribution >= 0.6 is 0 Å². The number of aliphatic hydroxyl groups is 1. The van der Waals surface area contributed by atoms with Crippen LogP contribution < -0.4 is 0 Å². The Morgan fingerprint density at radius 1 is 1.41 bits per heavy atom. The van der Waals surface area contributed by atoms with E-state index in [0.717, 1.165) is 12.0 Å². The predicted octanol–water partition coefficient (Wildman–Crippen LogP) is 2.53. The highest BCUT2D eigenvalue weighted by Crippen LogP contribution is 2.27. The van der Waals surface area contributed by atoms with Gasteiger partial charge in [-0.1, -0.05) is 32.9 Å². The lowest BCUT2D eigenvalue weighted by Gasteiger charge is -2.36. The van der Waals surface area contributed by atoms with Gasteiger partial charge < -0.3 is 10.2 Å². The normalized spacial score (nSPS) is 23.5. The molecule has 2 N–H and O–H groups in total. The van der Waals surface area contributed by atoms with E-state index in [0.29, 0.717) is 25.1 Å².